The number of sulfone groups is 1. The van der Waals surface area contributed by atoms with Crippen LogP contribution in [-0.4, -0.2) is 33.8 Å². The fourth-order valence-electron chi connectivity index (χ4n) is 11.1. The number of hydrogen-bond donors (Lipinski definition) is 1. The van der Waals surface area contributed by atoms with E-state index in [1.165, 1.54) is 12.1 Å². The van der Waals surface area contributed by atoms with E-state index in [9.17, 15) is 5.26 Å². The lowest BCUT2D eigenvalue weighted by Crippen LogP contribution is -2.06. The van der Waals surface area contributed by atoms with E-state index >= 15 is 8.42 Å². The van der Waals surface area contributed by atoms with Gasteiger partial charge in [0, 0.05) is 65.8 Å². The molecule has 0 unspecified atom stereocenters. The summed E-state index contributed by atoms with van der Waals surface area (Å²) in [6, 6.07) is 77.7. The third-order valence-electron chi connectivity index (χ3n) is 14.0. The molecule has 0 spiro atoms. The number of benzene rings is 10. The highest BCUT2D eigenvalue weighted by Gasteiger charge is 2.26. The number of para-hydroxylation sites is 6. The van der Waals surface area contributed by atoms with Crippen molar-refractivity contribution < 1.29 is 8.42 Å². The summed E-state index contributed by atoms with van der Waals surface area (Å²) in [6.07, 6.45) is 1.75. The van der Waals surface area contributed by atoms with E-state index in [0.29, 0.717) is 16.9 Å². The van der Waals surface area contributed by atoms with Crippen molar-refractivity contribution in [2.24, 2.45) is 0 Å². The van der Waals surface area contributed by atoms with E-state index in [0.717, 1.165) is 98.6 Å². The zero-order valence-electron chi connectivity index (χ0n) is 42.1. The van der Waals surface area contributed by atoms with E-state index in [1.54, 1.807) is 30.3 Å². The van der Waals surface area contributed by atoms with Gasteiger partial charge in [0.25, 0.3) is 0 Å². The summed E-state index contributed by atoms with van der Waals surface area (Å²) in [4.78, 5) is 0.250. The van der Waals surface area contributed by atoms with Crippen LogP contribution in [0.2, 0.25) is 0 Å². The first-order chi connectivity index (χ1) is 37.4. The van der Waals surface area contributed by atoms with Crippen LogP contribution in [0.3, 0.4) is 0 Å². The lowest BCUT2D eigenvalue weighted by atomic mass is 10.1. The van der Waals surface area contributed by atoms with Gasteiger partial charge in [-0.15, -0.1) is 6.58 Å². The molecule has 14 aromatic rings. The molecule has 0 N–H and O–H groups in total. The van der Waals surface area contributed by atoms with Crippen LogP contribution in [0.15, 0.2) is 247 Å². The standard InChI is InChI=1S/C61H37N5O2S.C3H6.C2H6.BHS/c62-38-39-27-29-44(30-28-39)69(67,68)45-36-42(65-52-25-13-9-21-48(52)60-56(65)33-31-54-58(60)46-19-7-11-23-50(46)63(54)40-15-3-1-4-16-40)35-43(37-45)66-53-26-14-10-22-49(53)61-57(66)34-32-55-59(61)47-20-8-12-24-51(47)64(55)41-17-5-2-6-18-41;1-3-2;2*1-2/h1-37H;3H,1H2,2H3;1-2H3;2H. The van der Waals surface area contributed by atoms with Gasteiger partial charge in [-0.3, -0.25) is 0 Å². The van der Waals surface area contributed by atoms with E-state index in [2.05, 4.69) is 214 Å². The van der Waals surface area contributed by atoms with Crippen molar-refractivity contribution in [1.29, 1.82) is 5.26 Å². The molecule has 4 aromatic heterocycles. The lowest BCUT2D eigenvalue weighted by molar-refractivity contribution is 0.596. The maximum atomic E-state index is 15.1. The highest BCUT2D eigenvalue weighted by molar-refractivity contribution is 8.03. The molecule has 14 rings (SSSR count). The van der Waals surface area contributed by atoms with Gasteiger partial charge in [-0.2, -0.15) is 5.26 Å². The third-order valence-corrected chi connectivity index (χ3v) is 15.7. The van der Waals surface area contributed by atoms with Gasteiger partial charge >= 0.3 is 0 Å². The fraction of sp³-hybridized carbons (Fsp3) is 0.0455. The number of thiol groups is 1. The first-order valence-corrected chi connectivity index (χ1v) is 27.1. The summed E-state index contributed by atoms with van der Waals surface area (Å²) >= 11 is 3.03. The second-order valence-corrected chi connectivity index (χ2v) is 20.0. The number of nitriles is 1. The summed E-state index contributed by atoms with van der Waals surface area (Å²) in [5.41, 5.74) is 12.1. The number of hydrogen-bond acceptors (Lipinski definition) is 4. The van der Waals surface area contributed by atoms with E-state index in [-0.39, 0.29) is 9.79 Å². The van der Waals surface area contributed by atoms with Crippen LogP contribution in [0.4, 0.5) is 0 Å². The van der Waals surface area contributed by atoms with E-state index < -0.39 is 9.84 Å². The summed E-state index contributed by atoms with van der Waals surface area (Å²) in [6.45, 7) is 9.25. The fourth-order valence-corrected chi connectivity index (χ4v) is 12.4. The normalized spacial score (nSPS) is 11.4. The van der Waals surface area contributed by atoms with Crippen molar-refractivity contribution in [3.05, 3.63) is 243 Å². The molecule has 0 bridgehead atoms. The number of aromatic nitrogens is 4. The number of rotatable bonds is 6. The molecule has 10 aromatic carbocycles. The molecule has 0 fully saturated rings. The smallest absolute Gasteiger partial charge is 0.206 e. The molecule has 0 aliphatic rings. The quantitative estimate of drug-likeness (QED) is 0.102. The molecule has 0 aliphatic heterocycles. The predicted octanol–water partition coefficient (Wildman–Crippen LogP) is 17.0. The van der Waals surface area contributed by atoms with Crippen LogP contribution < -0.4 is 0 Å². The molecule has 0 amide bonds. The Labute approximate surface area is 448 Å². The minimum absolute atomic E-state index is 0.111. The Morgan fingerprint density at radius 2 is 0.697 bits per heavy atom. The topological polar surface area (TPSA) is 77.7 Å². The van der Waals surface area contributed by atoms with Gasteiger partial charge in [0.15, 0.2) is 7.12 Å². The summed E-state index contributed by atoms with van der Waals surface area (Å²) < 4.78 is 39.4. The molecule has 10 heteroatoms. The molecular formula is C66H50BN5O2S2. The molecule has 0 aliphatic carbocycles. The Kier molecular flexibility index (Phi) is 13.2. The molecule has 0 saturated carbocycles. The maximum absolute atomic E-state index is 15.1. The summed E-state index contributed by atoms with van der Waals surface area (Å²) in [5, 5.41) is 18.5. The summed E-state index contributed by atoms with van der Waals surface area (Å²) in [5.74, 6) is 0. The minimum atomic E-state index is -4.13. The Morgan fingerprint density at radius 3 is 1.01 bits per heavy atom. The van der Waals surface area contributed by atoms with Gasteiger partial charge in [0.1, 0.15) is 0 Å². The summed E-state index contributed by atoms with van der Waals surface area (Å²) in [7, 11) is 0.0659. The van der Waals surface area contributed by atoms with Crippen LogP contribution in [0.5, 0.6) is 0 Å². The maximum Gasteiger partial charge on any atom is 0.206 e. The zero-order valence-corrected chi connectivity index (χ0v) is 43.8. The second kappa shape index (κ2) is 20.4. The van der Waals surface area contributed by atoms with Crippen LogP contribution in [0.25, 0.3) is 110 Å². The van der Waals surface area contributed by atoms with Crippen molar-refractivity contribution in [3.8, 4) is 28.8 Å². The van der Waals surface area contributed by atoms with Crippen molar-refractivity contribution in [3.63, 3.8) is 0 Å². The van der Waals surface area contributed by atoms with Crippen LogP contribution >= 0.6 is 12.5 Å². The van der Waals surface area contributed by atoms with Crippen LogP contribution in [-0.2, 0) is 9.84 Å². The molecule has 0 saturated heterocycles. The molecule has 7 nitrogen and oxygen atoms in total. The van der Waals surface area contributed by atoms with Crippen molar-refractivity contribution in [2.75, 3.05) is 0 Å². The third kappa shape index (κ3) is 7.78. The minimum Gasteiger partial charge on any atom is -0.309 e. The first kappa shape index (κ1) is 49.2. The molecule has 0 atom stereocenters. The highest BCUT2D eigenvalue weighted by atomic mass is 32.2. The van der Waals surface area contributed by atoms with Gasteiger partial charge in [-0.1, -0.05) is 129 Å². The van der Waals surface area contributed by atoms with E-state index in [1.807, 2.05) is 45.0 Å². The molecular weight excluding hydrogens is 970 g/mol. The molecule has 4 heterocycles. The SMILES string of the molecule is C=CC.CC.N#Cc1ccc(S(=O)(=O)c2cc(-n3c4ccccc4c4c5c6ccccc6n(-c6ccccc6)c5ccc43)cc(-n3c4ccccc4c4c5c6ccccc6n(-c6ccccc6)c5ccc43)c2)cc1.[B]S. The van der Waals surface area contributed by atoms with Gasteiger partial charge in [-0.25, -0.2) is 20.9 Å². The molecule has 366 valence electrons. The predicted molar refractivity (Wildman–Crippen MR) is 322 cm³/mol. The van der Waals surface area contributed by atoms with Crippen molar-refractivity contribution >= 4 is 117 Å². The molecule has 2 radical (unpaired) electrons. The first-order valence-electron chi connectivity index (χ1n) is 25.1. The van der Waals surface area contributed by atoms with Gasteiger partial charge in [-0.05, 0) is 122 Å². The highest BCUT2D eigenvalue weighted by Crippen LogP contribution is 2.45. The van der Waals surface area contributed by atoms with Crippen LogP contribution in [0, 0.1) is 11.3 Å². The Hall–Kier alpha value is -9.01. The average Bonchev–Trinajstić information content (AvgIpc) is 4.25. The van der Waals surface area contributed by atoms with Gasteiger partial charge < -0.3 is 18.3 Å². The Bertz CT molecular complexity index is 4430. The Balaban J connectivity index is 0.000000843. The number of allylic oxidation sites excluding steroid dienone is 1. The van der Waals surface area contributed by atoms with E-state index in [4.69, 9.17) is 0 Å². The lowest BCUT2D eigenvalue weighted by Gasteiger charge is -2.16. The second-order valence-electron chi connectivity index (χ2n) is 18.0. The van der Waals surface area contributed by atoms with Crippen molar-refractivity contribution in [2.45, 2.75) is 30.6 Å². The molecule has 76 heavy (non-hydrogen) atoms. The largest absolute Gasteiger partial charge is 0.309 e. The Morgan fingerprint density at radius 1 is 0.408 bits per heavy atom. The van der Waals surface area contributed by atoms with Crippen molar-refractivity contribution in [1.82, 2.24) is 18.3 Å². The number of nitrogens with zero attached hydrogens (tertiary/aromatic N) is 5. The van der Waals surface area contributed by atoms with Crippen LogP contribution in [0.1, 0.15) is 26.3 Å². The van der Waals surface area contributed by atoms with Gasteiger partial charge in [0.2, 0.25) is 9.84 Å². The van der Waals surface area contributed by atoms with Gasteiger partial charge in [0.05, 0.1) is 65.6 Å². The number of fused-ring (bicyclic) bond motifs is 14. The monoisotopic (exact) mass is 1020 g/mol. The average molecular weight is 1020 g/mol. The zero-order chi connectivity index (χ0) is 52.7.